The largest absolute Gasteiger partial charge is 0.381 e. The number of hydrogen-bond donors (Lipinski definition) is 1. The van der Waals surface area contributed by atoms with E-state index >= 15 is 0 Å². The highest BCUT2D eigenvalue weighted by Gasteiger charge is 2.35. The second-order valence-electron chi connectivity index (χ2n) is 8.68. The number of piperidine rings is 1. The van der Waals surface area contributed by atoms with Crippen LogP contribution in [0, 0.1) is 11.7 Å². The van der Waals surface area contributed by atoms with Crippen LogP contribution in [0.15, 0.2) is 54.6 Å². The Balaban J connectivity index is 1.36. The van der Waals surface area contributed by atoms with Gasteiger partial charge in [0.05, 0.1) is 5.92 Å². The van der Waals surface area contributed by atoms with Crippen LogP contribution in [-0.4, -0.2) is 43.7 Å². The van der Waals surface area contributed by atoms with E-state index in [1.165, 1.54) is 17.7 Å². The SMILES string of the molecule is O=C(NCC1(c2ccccc2)CCOCC1)[C@@H]1CCCN(Cc2ccc(F)cc2)C1. The monoisotopic (exact) mass is 410 g/mol. The number of carbonyl (C=O) groups excluding carboxylic acids is 1. The zero-order chi connectivity index (χ0) is 20.8. The highest BCUT2D eigenvalue weighted by Crippen LogP contribution is 2.34. The molecular formula is C25H31FN2O2. The number of carbonyl (C=O) groups is 1. The molecule has 2 aliphatic heterocycles. The van der Waals surface area contributed by atoms with Gasteiger partial charge in [-0.1, -0.05) is 42.5 Å². The molecule has 2 heterocycles. The van der Waals surface area contributed by atoms with Crippen molar-refractivity contribution in [3.05, 3.63) is 71.5 Å². The predicted molar refractivity (Wildman–Crippen MR) is 116 cm³/mol. The fourth-order valence-corrected chi connectivity index (χ4v) is 4.78. The van der Waals surface area contributed by atoms with Gasteiger partial charge in [0.1, 0.15) is 5.82 Å². The molecule has 4 rings (SSSR count). The molecule has 0 aromatic heterocycles. The second-order valence-corrected chi connectivity index (χ2v) is 8.68. The number of halogens is 1. The van der Waals surface area contributed by atoms with Crippen LogP contribution >= 0.6 is 0 Å². The maximum Gasteiger partial charge on any atom is 0.224 e. The number of nitrogens with one attached hydrogen (secondary N) is 1. The van der Waals surface area contributed by atoms with Crippen LogP contribution in [0.25, 0.3) is 0 Å². The number of ether oxygens (including phenoxy) is 1. The summed E-state index contributed by atoms with van der Waals surface area (Å²) < 4.78 is 18.8. The molecule has 0 unspecified atom stereocenters. The summed E-state index contributed by atoms with van der Waals surface area (Å²) in [5.41, 5.74) is 2.33. The molecule has 160 valence electrons. The third-order valence-electron chi connectivity index (χ3n) is 6.63. The topological polar surface area (TPSA) is 41.6 Å². The van der Waals surface area contributed by atoms with E-state index in [9.17, 15) is 9.18 Å². The zero-order valence-corrected chi connectivity index (χ0v) is 17.5. The summed E-state index contributed by atoms with van der Waals surface area (Å²) in [6.45, 7) is 4.62. The molecule has 1 N–H and O–H groups in total. The lowest BCUT2D eigenvalue weighted by atomic mass is 9.74. The zero-order valence-electron chi connectivity index (χ0n) is 17.5. The van der Waals surface area contributed by atoms with Gasteiger partial charge in [-0.2, -0.15) is 0 Å². The summed E-state index contributed by atoms with van der Waals surface area (Å²) in [5.74, 6) is -0.0532. The lowest BCUT2D eigenvalue weighted by molar-refractivity contribution is -0.127. The highest BCUT2D eigenvalue weighted by atomic mass is 19.1. The van der Waals surface area contributed by atoms with Crippen molar-refractivity contribution >= 4 is 5.91 Å². The van der Waals surface area contributed by atoms with Crippen molar-refractivity contribution in [1.82, 2.24) is 10.2 Å². The Bertz CT molecular complexity index is 819. The van der Waals surface area contributed by atoms with Crippen molar-refractivity contribution in [2.75, 3.05) is 32.8 Å². The molecule has 0 saturated carbocycles. The third kappa shape index (κ3) is 5.08. The molecule has 0 spiro atoms. The van der Waals surface area contributed by atoms with Crippen molar-refractivity contribution in [2.45, 2.75) is 37.6 Å². The normalized spacial score (nSPS) is 21.8. The molecule has 2 fully saturated rings. The molecule has 5 heteroatoms. The van der Waals surface area contributed by atoms with Gasteiger partial charge < -0.3 is 10.1 Å². The smallest absolute Gasteiger partial charge is 0.224 e. The lowest BCUT2D eigenvalue weighted by Gasteiger charge is -2.39. The van der Waals surface area contributed by atoms with Crippen LogP contribution < -0.4 is 5.32 Å². The van der Waals surface area contributed by atoms with Crippen LogP contribution in [0.2, 0.25) is 0 Å². The first-order valence-corrected chi connectivity index (χ1v) is 11.0. The van der Waals surface area contributed by atoms with E-state index in [0.29, 0.717) is 6.54 Å². The van der Waals surface area contributed by atoms with Gasteiger partial charge in [0.2, 0.25) is 5.91 Å². The van der Waals surface area contributed by atoms with E-state index in [2.05, 4.69) is 34.5 Å². The number of hydrogen-bond acceptors (Lipinski definition) is 3. The number of likely N-dealkylation sites (tertiary alicyclic amines) is 1. The fourth-order valence-electron chi connectivity index (χ4n) is 4.78. The Hall–Kier alpha value is -2.24. The summed E-state index contributed by atoms with van der Waals surface area (Å²) in [4.78, 5) is 15.3. The van der Waals surface area contributed by atoms with Gasteiger partial charge >= 0.3 is 0 Å². The van der Waals surface area contributed by atoms with E-state index in [0.717, 1.165) is 64.1 Å². The molecule has 4 nitrogen and oxygen atoms in total. The Morgan fingerprint density at radius 2 is 1.83 bits per heavy atom. The maximum atomic E-state index is 13.2. The molecule has 2 saturated heterocycles. The number of amides is 1. The molecule has 1 atom stereocenters. The lowest BCUT2D eigenvalue weighted by Crippen LogP contribution is -2.48. The first kappa shape index (κ1) is 21.0. The van der Waals surface area contributed by atoms with E-state index < -0.39 is 0 Å². The predicted octanol–water partition coefficient (Wildman–Crippen LogP) is 3.90. The Morgan fingerprint density at radius 1 is 1.10 bits per heavy atom. The van der Waals surface area contributed by atoms with Crippen molar-refractivity contribution < 1.29 is 13.9 Å². The van der Waals surface area contributed by atoms with Crippen LogP contribution in [0.4, 0.5) is 4.39 Å². The van der Waals surface area contributed by atoms with Crippen LogP contribution in [-0.2, 0) is 21.5 Å². The minimum atomic E-state index is -0.213. The summed E-state index contributed by atoms with van der Waals surface area (Å²) in [6.07, 6.45) is 3.79. The first-order chi connectivity index (χ1) is 14.6. The van der Waals surface area contributed by atoms with Gasteiger partial charge in [-0.15, -0.1) is 0 Å². The molecule has 30 heavy (non-hydrogen) atoms. The highest BCUT2D eigenvalue weighted by molar-refractivity contribution is 5.79. The summed E-state index contributed by atoms with van der Waals surface area (Å²) >= 11 is 0. The van der Waals surface area contributed by atoms with E-state index in [1.807, 2.05) is 18.2 Å². The van der Waals surface area contributed by atoms with Gasteiger partial charge in [0, 0.05) is 38.3 Å². The molecular weight excluding hydrogens is 379 g/mol. The second kappa shape index (κ2) is 9.71. The minimum absolute atomic E-state index is 0.00635. The Kier molecular flexibility index (Phi) is 6.80. The minimum Gasteiger partial charge on any atom is -0.381 e. The Morgan fingerprint density at radius 3 is 2.57 bits per heavy atom. The molecule has 0 bridgehead atoms. The Labute approximate surface area is 178 Å². The van der Waals surface area contributed by atoms with Gasteiger partial charge in [0.15, 0.2) is 0 Å². The number of nitrogens with zero attached hydrogens (tertiary/aromatic N) is 1. The standard InChI is InChI=1S/C25H31FN2O2/c26-23-10-8-20(9-11-23)17-28-14-4-5-21(18-28)24(29)27-19-25(12-15-30-16-13-25)22-6-2-1-3-7-22/h1-3,6-11,21H,4-5,12-19H2,(H,27,29)/t21-/m1/s1. The molecule has 0 aliphatic carbocycles. The van der Waals surface area contributed by atoms with Crippen LogP contribution in [0.3, 0.4) is 0 Å². The van der Waals surface area contributed by atoms with Crippen molar-refractivity contribution in [1.29, 1.82) is 0 Å². The number of benzene rings is 2. The van der Waals surface area contributed by atoms with E-state index in [1.54, 1.807) is 0 Å². The summed E-state index contributed by atoms with van der Waals surface area (Å²) in [6, 6.07) is 17.2. The quantitative estimate of drug-likeness (QED) is 0.785. The van der Waals surface area contributed by atoms with Gasteiger partial charge in [-0.25, -0.2) is 4.39 Å². The van der Waals surface area contributed by atoms with E-state index in [-0.39, 0.29) is 23.1 Å². The third-order valence-corrected chi connectivity index (χ3v) is 6.63. The fraction of sp³-hybridized carbons (Fsp3) is 0.480. The van der Waals surface area contributed by atoms with Gasteiger partial charge in [-0.05, 0) is 55.5 Å². The van der Waals surface area contributed by atoms with Crippen LogP contribution in [0.1, 0.15) is 36.8 Å². The molecule has 2 aromatic carbocycles. The summed E-state index contributed by atoms with van der Waals surface area (Å²) in [7, 11) is 0. The van der Waals surface area contributed by atoms with Crippen molar-refractivity contribution in [2.24, 2.45) is 5.92 Å². The summed E-state index contributed by atoms with van der Waals surface area (Å²) in [5, 5.41) is 3.28. The van der Waals surface area contributed by atoms with Gasteiger partial charge in [0.25, 0.3) is 0 Å². The molecule has 2 aromatic rings. The maximum absolute atomic E-state index is 13.2. The first-order valence-electron chi connectivity index (χ1n) is 11.0. The average molecular weight is 411 g/mol. The molecule has 1 amide bonds. The molecule has 0 radical (unpaired) electrons. The van der Waals surface area contributed by atoms with Crippen LogP contribution in [0.5, 0.6) is 0 Å². The van der Waals surface area contributed by atoms with E-state index in [4.69, 9.17) is 4.74 Å². The van der Waals surface area contributed by atoms with Gasteiger partial charge in [-0.3, -0.25) is 9.69 Å². The average Bonchev–Trinajstić information content (AvgIpc) is 2.80. The molecule has 2 aliphatic rings. The van der Waals surface area contributed by atoms with Crippen molar-refractivity contribution in [3.8, 4) is 0 Å². The number of rotatable bonds is 6. The van der Waals surface area contributed by atoms with Crippen molar-refractivity contribution in [3.63, 3.8) is 0 Å².